The first-order valence-electron chi connectivity index (χ1n) is 17.0. The smallest absolute Gasteiger partial charge is 0.421 e. The van der Waals surface area contributed by atoms with Gasteiger partial charge in [-0.25, -0.2) is 9.97 Å². The molecule has 0 aliphatic rings. The average Bonchev–Trinajstić information content (AvgIpc) is 3.21. The molecule has 7 aromatic rings. The van der Waals surface area contributed by atoms with Crippen LogP contribution < -0.4 is 26.5 Å². The number of halogens is 8. The quantitative estimate of drug-likeness (QED) is 0.0859. The summed E-state index contributed by atoms with van der Waals surface area (Å²) in [6.07, 6.45) is -4.66. The molecule has 0 aliphatic carbocycles. The molecule has 4 N–H and O–H groups in total. The summed E-state index contributed by atoms with van der Waals surface area (Å²) in [5, 5.41) is 1.48. The zero-order valence-electron chi connectivity index (χ0n) is 30.4. The summed E-state index contributed by atoms with van der Waals surface area (Å²) < 4.78 is 90.1. The van der Waals surface area contributed by atoms with Crippen LogP contribution in [0.25, 0.3) is 10.9 Å². The molecule has 0 radical (unpaired) electrons. The number of benzene rings is 4. The zero-order chi connectivity index (χ0) is 43.6. The third-order valence-electron chi connectivity index (χ3n) is 7.97. The van der Waals surface area contributed by atoms with Gasteiger partial charge in [-0.15, -0.1) is 0 Å². The highest BCUT2D eigenvalue weighted by Crippen LogP contribution is 2.38. The Balaban J connectivity index is 0.000000196. The standard InChI is InChI=1S/C21H13ClF3N3O2.C13H10F3N3O2.C7H5ClO/c22-14-5-3-13(4-6-14)11-28-12-27-19(29)16-10-15(7-8-18(16)28)30-20-17(21(23,24)25)2-1-9-26-20;14-13(15,16)9-2-1-5-19-12(9)21-7-3-4-10(17)8(6-7)11(18)20;8-7-3-1-6(5-9)2-4-7/h1-10,12H,11H2;1-6H,17H2,(H2,18,20);1-5H. The number of aldehydes is 1. The van der Waals surface area contributed by atoms with Gasteiger partial charge in [0.05, 0.1) is 22.8 Å². The van der Waals surface area contributed by atoms with Crippen molar-refractivity contribution < 1.29 is 45.4 Å². The van der Waals surface area contributed by atoms with Gasteiger partial charge in [-0.1, -0.05) is 47.5 Å². The first-order valence-corrected chi connectivity index (χ1v) is 17.7. The van der Waals surface area contributed by atoms with Gasteiger partial charge in [0.1, 0.15) is 28.9 Å². The van der Waals surface area contributed by atoms with Crippen molar-refractivity contribution in [1.82, 2.24) is 19.5 Å². The second-order valence-electron chi connectivity index (χ2n) is 12.2. The first kappa shape index (κ1) is 44.1. The van der Waals surface area contributed by atoms with E-state index in [-0.39, 0.29) is 28.1 Å². The molecule has 19 heteroatoms. The second-order valence-corrected chi connectivity index (χ2v) is 13.1. The lowest BCUT2D eigenvalue weighted by atomic mass is 10.1. The van der Waals surface area contributed by atoms with Crippen LogP contribution in [-0.4, -0.2) is 31.7 Å². The maximum Gasteiger partial charge on any atom is 0.421 e. The summed E-state index contributed by atoms with van der Waals surface area (Å²) in [7, 11) is 0. The number of primary amides is 1. The number of hydrogen-bond donors (Lipinski definition) is 2. The van der Waals surface area contributed by atoms with Crippen molar-refractivity contribution in [2.75, 3.05) is 5.73 Å². The molecule has 4 aromatic carbocycles. The number of nitrogens with two attached hydrogens (primary N) is 2. The van der Waals surface area contributed by atoms with Gasteiger partial charge in [0, 0.05) is 40.2 Å². The van der Waals surface area contributed by atoms with Gasteiger partial charge in [-0.3, -0.25) is 14.4 Å². The number of hydrogen-bond acceptors (Lipinski definition) is 9. The fourth-order valence-electron chi connectivity index (χ4n) is 5.12. The molecule has 0 saturated heterocycles. The van der Waals surface area contributed by atoms with Crippen LogP contribution in [-0.2, 0) is 18.9 Å². The van der Waals surface area contributed by atoms with E-state index in [1.165, 1.54) is 42.9 Å². The third kappa shape index (κ3) is 11.8. The molecular weight excluding hydrogens is 841 g/mol. The summed E-state index contributed by atoms with van der Waals surface area (Å²) in [5.41, 5.74) is 10.3. The minimum Gasteiger partial charge on any atom is -0.438 e. The lowest BCUT2D eigenvalue weighted by molar-refractivity contribution is -0.139. The number of pyridine rings is 2. The van der Waals surface area contributed by atoms with Gasteiger partial charge in [-0.05, 0) is 90.5 Å². The lowest BCUT2D eigenvalue weighted by Gasteiger charge is -2.14. The van der Waals surface area contributed by atoms with Crippen LogP contribution in [0.15, 0.2) is 133 Å². The van der Waals surface area contributed by atoms with Gasteiger partial charge >= 0.3 is 12.4 Å². The van der Waals surface area contributed by atoms with Gasteiger partial charge in [0.15, 0.2) is 0 Å². The Labute approximate surface area is 345 Å². The Morgan fingerprint density at radius 3 is 1.75 bits per heavy atom. The summed E-state index contributed by atoms with van der Waals surface area (Å²) in [4.78, 5) is 44.6. The molecule has 7 rings (SSSR count). The van der Waals surface area contributed by atoms with Crippen LogP contribution in [0.4, 0.5) is 32.0 Å². The predicted molar refractivity (Wildman–Crippen MR) is 211 cm³/mol. The second kappa shape index (κ2) is 19.2. The number of fused-ring (bicyclic) bond motifs is 1. The van der Waals surface area contributed by atoms with Gasteiger partial charge in [-0.2, -0.15) is 31.3 Å². The molecule has 3 aromatic heterocycles. The number of rotatable bonds is 8. The van der Waals surface area contributed by atoms with E-state index in [1.54, 1.807) is 47.0 Å². The number of alkyl halides is 6. The van der Waals surface area contributed by atoms with Crippen molar-refractivity contribution >= 4 is 52.0 Å². The molecule has 0 bridgehead atoms. The van der Waals surface area contributed by atoms with Crippen molar-refractivity contribution in [3.05, 3.63) is 176 Å². The Hall–Kier alpha value is -6.98. The normalized spacial score (nSPS) is 11.1. The number of carbonyl (C=O) groups excluding carboxylic acids is 2. The first-order chi connectivity index (χ1) is 28.4. The van der Waals surface area contributed by atoms with Crippen LogP contribution in [0.1, 0.15) is 37.4 Å². The highest BCUT2D eigenvalue weighted by atomic mass is 35.5. The minimum absolute atomic E-state index is 0.0257. The number of nitrogens with zero attached hydrogens (tertiary/aromatic N) is 4. The highest BCUT2D eigenvalue weighted by Gasteiger charge is 2.36. The molecule has 0 saturated carbocycles. The predicted octanol–water partition coefficient (Wildman–Crippen LogP) is 10.0. The SMILES string of the molecule is NC(=O)c1cc(Oc2ncccc2C(F)(F)F)ccc1N.O=Cc1ccc(Cl)cc1.O=c1ncn(Cc2ccc(Cl)cc2)c2ccc(Oc3ncccc3C(F)(F)F)cc12. The van der Waals surface area contributed by atoms with Crippen LogP contribution in [0.5, 0.6) is 23.3 Å². The topological polar surface area (TPSA) is 165 Å². The van der Waals surface area contributed by atoms with Crippen molar-refractivity contribution in [2.45, 2.75) is 18.9 Å². The van der Waals surface area contributed by atoms with E-state index in [0.29, 0.717) is 27.7 Å². The van der Waals surface area contributed by atoms with E-state index in [9.17, 15) is 40.7 Å². The maximum atomic E-state index is 13.2. The highest BCUT2D eigenvalue weighted by molar-refractivity contribution is 6.30. The molecule has 0 atom stereocenters. The van der Waals surface area contributed by atoms with Crippen LogP contribution in [0, 0.1) is 0 Å². The van der Waals surface area contributed by atoms with Gasteiger partial charge in [0.2, 0.25) is 11.8 Å². The molecule has 3 heterocycles. The fraction of sp³-hybridized carbons (Fsp3) is 0.0732. The minimum atomic E-state index is -4.62. The molecule has 60 heavy (non-hydrogen) atoms. The molecule has 0 spiro atoms. The van der Waals surface area contributed by atoms with E-state index in [1.807, 2.05) is 12.1 Å². The van der Waals surface area contributed by atoms with Crippen LogP contribution >= 0.6 is 23.2 Å². The summed E-state index contributed by atoms with van der Waals surface area (Å²) in [6.45, 7) is 0.430. The largest absolute Gasteiger partial charge is 0.438 e. The number of nitrogen functional groups attached to an aromatic ring is 1. The summed E-state index contributed by atoms with van der Waals surface area (Å²) in [5.74, 6) is -1.99. The third-order valence-corrected chi connectivity index (χ3v) is 8.47. The molecular formula is C41H28Cl2F6N6O5. The van der Waals surface area contributed by atoms with E-state index >= 15 is 0 Å². The Morgan fingerprint density at radius 1 is 0.717 bits per heavy atom. The van der Waals surface area contributed by atoms with Crippen LogP contribution in [0.3, 0.4) is 0 Å². The average molecular weight is 870 g/mol. The monoisotopic (exact) mass is 868 g/mol. The number of anilines is 1. The van der Waals surface area contributed by atoms with E-state index in [2.05, 4.69) is 15.0 Å². The molecule has 308 valence electrons. The fourth-order valence-corrected chi connectivity index (χ4v) is 5.37. The summed E-state index contributed by atoms with van der Waals surface area (Å²) >= 11 is 11.5. The number of ether oxygens (including phenoxy) is 2. The number of aromatic nitrogens is 4. The summed E-state index contributed by atoms with van der Waals surface area (Å²) in [6, 6.07) is 26.2. The Morgan fingerprint density at radius 2 is 1.23 bits per heavy atom. The van der Waals surface area contributed by atoms with Crippen LogP contribution in [0.2, 0.25) is 10.0 Å². The molecule has 1 amide bonds. The molecule has 0 unspecified atom stereocenters. The number of amides is 1. The Bertz CT molecular complexity index is 2680. The molecule has 11 nitrogen and oxygen atoms in total. The van der Waals surface area contributed by atoms with Gasteiger partial charge in [0.25, 0.3) is 11.5 Å². The van der Waals surface area contributed by atoms with Crippen molar-refractivity contribution in [2.24, 2.45) is 5.73 Å². The lowest BCUT2D eigenvalue weighted by Crippen LogP contribution is -2.13. The van der Waals surface area contributed by atoms with Crippen molar-refractivity contribution in [3.63, 3.8) is 0 Å². The number of carbonyl (C=O) groups is 2. The van der Waals surface area contributed by atoms with Gasteiger partial charge < -0.3 is 25.5 Å². The zero-order valence-corrected chi connectivity index (χ0v) is 31.9. The molecule has 0 fully saturated rings. The van der Waals surface area contributed by atoms with Crippen molar-refractivity contribution in [3.8, 4) is 23.3 Å². The molecule has 0 aliphatic heterocycles. The van der Waals surface area contributed by atoms with E-state index in [4.69, 9.17) is 44.1 Å². The Kier molecular flexibility index (Phi) is 14.1. The van der Waals surface area contributed by atoms with Crippen molar-refractivity contribution in [1.29, 1.82) is 0 Å². The van der Waals surface area contributed by atoms with E-state index < -0.39 is 46.7 Å². The maximum absolute atomic E-state index is 13.2. The van der Waals surface area contributed by atoms with E-state index in [0.717, 1.165) is 42.3 Å².